The molecule has 0 saturated heterocycles. The molecule has 2 fully saturated rings. The number of nitrogens with zero attached hydrogens (tertiary/aromatic N) is 2. The van der Waals surface area contributed by atoms with E-state index in [0.29, 0.717) is 11.5 Å². The summed E-state index contributed by atoms with van der Waals surface area (Å²) in [6.07, 6.45) is 7.10. The highest BCUT2D eigenvalue weighted by molar-refractivity contribution is 7.93. The van der Waals surface area contributed by atoms with Gasteiger partial charge in [-0.15, -0.1) is 0 Å². The highest BCUT2D eigenvalue weighted by Crippen LogP contribution is 2.37. The fourth-order valence-electron chi connectivity index (χ4n) is 4.02. The molecule has 0 bridgehead atoms. The smallest absolute Gasteiger partial charge is 0.235 e. The van der Waals surface area contributed by atoms with Gasteiger partial charge in [0.1, 0.15) is 11.5 Å². The molecule has 3 aromatic rings. The number of nitrogens with one attached hydrogen (secondary N) is 2. The minimum Gasteiger partial charge on any atom is -0.346 e. The number of amides is 1. The molecule has 0 aliphatic heterocycles. The Bertz CT molecular complexity index is 1230. The largest absolute Gasteiger partial charge is 0.346 e. The number of carbonyl (C=O) groups excluding carboxylic acids is 1. The van der Waals surface area contributed by atoms with Crippen molar-refractivity contribution in [1.29, 1.82) is 0 Å². The first kappa shape index (κ1) is 19.1. The number of rotatable bonds is 7. The van der Waals surface area contributed by atoms with Crippen molar-refractivity contribution in [2.45, 2.75) is 50.3 Å². The fraction of sp³-hybridized carbons (Fsp3) is 0.364. The van der Waals surface area contributed by atoms with Crippen LogP contribution in [0.2, 0.25) is 0 Å². The summed E-state index contributed by atoms with van der Waals surface area (Å²) < 4.78 is 27.6. The number of anilines is 2. The maximum atomic E-state index is 12.4. The average Bonchev–Trinajstić information content (AvgIpc) is 3.36. The zero-order valence-corrected chi connectivity index (χ0v) is 17.6. The molecule has 2 N–H and O–H groups in total. The van der Waals surface area contributed by atoms with Gasteiger partial charge in [-0.1, -0.05) is 12.5 Å². The summed E-state index contributed by atoms with van der Waals surface area (Å²) >= 11 is 0. The van der Waals surface area contributed by atoms with Crippen LogP contribution in [0.1, 0.15) is 37.7 Å². The van der Waals surface area contributed by atoms with Crippen molar-refractivity contribution in [3.8, 4) is 11.1 Å². The standard InChI is InChI=1S/C22H24N4O3S/c1-14-11-15(25-30(28,29)17-3-2-4-17)5-8-18(14)20-12-21(26(13-27)16-6-7-16)24-22-19(20)9-10-23-22/h5,8-13,16-17,25H,2-4,6-7H2,1H3,(H,23,24). The molecule has 8 heteroatoms. The number of aromatic amines is 1. The minimum atomic E-state index is -3.33. The van der Waals surface area contributed by atoms with Gasteiger partial charge in [0.15, 0.2) is 0 Å². The maximum Gasteiger partial charge on any atom is 0.235 e. The second-order valence-corrected chi connectivity index (χ2v) is 10.2. The second kappa shape index (κ2) is 7.12. The molecule has 0 atom stereocenters. The lowest BCUT2D eigenvalue weighted by Gasteiger charge is -2.25. The number of aryl methyl sites for hydroxylation is 1. The van der Waals surface area contributed by atoms with Crippen LogP contribution in [0.5, 0.6) is 0 Å². The first-order chi connectivity index (χ1) is 14.5. The summed E-state index contributed by atoms with van der Waals surface area (Å²) in [6, 6.07) is 9.74. The van der Waals surface area contributed by atoms with E-state index in [2.05, 4.69) is 14.7 Å². The molecule has 2 aliphatic carbocycles. The van der Waals surface area contributed by atoms with Gasteiger partial charge in [-0.25, -0.2) is 13.4 Å². The van der Waals surface area contributed by atoms with Gasteiger partial charge < -0.3 is 4.98 Å². The molecular formula is C22H24N4O3S. The number of sulfonamides is 1. The van der Waals surface area contributed by atoms with Gasteiger partial charge in [0.2, 0.25) is 16.4 Å². The monoisotopic (exact) mass is 424 g/mol. The highest BCUT2D eigenvalue weighted by Gasteiger charge is 2.32. The summed E-state index contributed by atoms with van der Waals surface area (Å²) in [4.78, 5) is 21.1. The summed E-state index contributed by atoms with van der Waals surface area (Å²) in [6.45, 7) is 1.97. The van der Waals surface area contributed by atoms with Crippen LogP contribution in [-0.4, -0.2) is 36.1 Å². The van der Waals surface area contributed by atoms with Crippen LogP contribution in [0.3, 0.4) is 0 Å². The van der Waals surface area contributed by atoms with E-state index < -0.39 is 10.0 Å². The number of hydrogen-bond acceptors (Lipinski definition) is 4. The van der Waals surface area contributed by atoms with E-state index in [9.17, 15) is 13.2 Å². The van der Waals surface area contributed by atoms with Crippen molar-refractivity contribution < 1.29 is 13.2 Å². The molecule has 5 rings (SSSR count). The summed E-state index contributed by atoms with van der Waals surface area (Å²) in [5.41, 5.74) is 4.21. The van der Waals surface area contributed by atoms with Crippen LogP contribution >= 0.6 is 0 Å². The van der Waals surface area contributed by atoms with Crippen LogP contribution in [0.25, 0.3) is 22.2 Å². The number of carbonyl (C=O) groups is 1. The van der Waals surface area contributed by atoms with Crippen molar-refractivity contribution in [1.82, 2.24) is 9.97 Å². The van der Waals surface area contributed by atoms with E-state index >= 15 is 0 Å². The van der Waals surface area contributed by atoms with Gasteiger partial charge in [0.05, 0.1) is 5.25 Å². The SMILES string of the molecule is Cc1cc(NS(=O)(=O)C2CCC2)ccc1-c1cc(N(C=O)C2CC2)nc2[nH]ccc12. The fourth-order valence-corrected chi connectivity index (χ4v) is 5.59. The molecular weight excluding hydrogens is 400 g/mol. The lowest BCUT2D eigenvalue weighted by atomic mass is 9.98. The Morgan fingerprint density at radius 2 is 1.93 bits per heavy atom. The van der Waals surface area contributed by atoms with E-state index in [-0.39, 0.29) is 11.3 Å². The van der Waals surface area contributed by atoms with Crippen LogP contribution < -0.4 is 9.62 Å². The van der Waals surface area contributed by atoms with Crippen LogP contribution in [0, 0.1) is 6.92 Å². The molecule has 0 unspecified atom stereocenters. The molecule has 2 aliphatic rings. The van der Waals surface area contributed by atoms with Crippen molar-refractivity contribution >= 4 is 39.0 Å². The van der Waals surface area contributed by atoms with Crippen molar-refractivity contribution in [2.24, 2.45) is 0 Å². The summed E-state index contributed by atoms with van der Waals surface area (Å²) in [5, 5.41) is 0.683. The van der Waals surface area contributed by atoms with Crippen molar-refractivity contribution in [3.05, 3.63) is 42.1 Å². The van der Waals surface area contributed by atoms with Gasteiger partial charge in [0.25, 0.3) is 0 Å². The average molecular weight is 425 g/mol. The van der Waals surface area contributed by atoms with Crippen LogP contribution in [-0.2, 0) is 14.8 Å². The summed E-state index contributed by atoms with van der Waals surface area (Å²) in [5.74, 6) is 0.631. The molecule has 7 nitrogen and oxygen atoms in total. The molecule has 30 heavy (non-hydrogen) atoms. The second-order valence-electron chi connectivity index (χ2n) is 8.24. The number of fused-ring (bicyclic) bond motifs is 1. The Labute approximate surface area is 175 Å². The molecule has 2 aromatic heterocycles. The maximum absolute atomic E-state index is 12.4. The van der Waals surface area contributed by atoms with Gasteiger partial charge in [-0.3, -0.25) is 14.4 Å². The topological polar surface area (TPSA) is 95.2 Å². The minimum absolute atomic E-state index is 0.222. The van der Waals surface area contributed by atoms with E-state index in [4.69, 9.17) is 0 Å². The number of aromatic nitrogens is 2. The predicted molar refractivity (Wildman–Crippen MR) is 118 cm³/mol. The van der Waals surface area contributed by atoms with Crippen LogP contribution in [0.15, 0.2) is 36.5 Å². The van der Waals surface area contributed by atoms with E-state index in [1.807, 2.05) is 37.4 Å². The first-order valence-electron chi connectivity index (χ1n) is 10.3. The van der Waals surface area contributed by atoms with E-state index in [1.165, 1.54) is 0 Å². The number of pyridine rings is 1. The molecule has 2 saturated carbocycles. The molecule has 0 radical (unpaired) electrons. The van der Waals surface area contributed by atoms with Gasteiger partial charge in [-0.2, -0.15) is 0 Å². The quantitative estimate of drug-likeness (QED) is 0.561. The number of hydrogen-bond donors (Lipinski definition) is 2. The Kier molecular flexibility index (Phi) is 4.54. The van der Waals surface area contributed by atoms with Gasteiger partial charge >= 0.3 is 0 Å². The third-order valence-corrected chi connectivity index (χ3v) is 7.97. The first-order valence-corrected chi connectivity index (χ1v) is 11.9. The predicted octanol–water partition coefficient (Wildman–Crippen LogP) is 3.96. The van der Waals surface area contributed by atoms with Crippen molar-refractivity contribution in [3.63, 3.8) is 0 Å². The highest BCUT2D eigenvalue weighted by atomic mass is 32.2. The normalized spacial score (nSPS) is 17.0. The Hall–Kier alpha value is -2.87. The molecule has 156 valence electrons. The third-order valence-electron chi connectivity index (χ3n) is 6.10. The Morgan fingerprint density at radius 1 is 1.13 bits per heavy atom. The van der Waals surface area contributed by atoms with E-state index in [1.54, 1.807) is 11.0 Å². The lowest BCUT2D eigenvalue weighted by molar-refractivity contribution is -0.107. The Morgan fingerprint density at radius 3 is 2.57 bits per heavy atom. The number of benzene rings is 1. The van der Waals surface area contributed by atoms with Crippen molar-refractivity contribution in [2.75, 3.05) is 9.62 Å². The molecule has 1 aromatic carbocycles. The zero-order chi connectivity index (χ0) is 20.9. The van der Waals surface area contributed by atoms with E-state index in [0.717, 1.165) is 66.2 Å². The lowest BCUT2D eigenvalue weighted by Crippen LogP contribution is -2.33. The molecule has 2 heterocycles. The van der Waals surface area contributed by atoms with Gasteiger partial charge in [-0.05, 0) is 73.6 Å². The molecule has 0 spiro atoms. The van der Waals surface area contributed by atoms with Gasteiger partial charge in [0, 0.05) is 23.3 Å². The van der Waals surface area contributed by atoms with Crippen LogP contribution in [0.4, 0.5) is 11.5 Å². The zero-order valence-electron chi connectivity index (χ0n) is 16.8. The molecule has 1 amide bonds. The Balaban J connectivity index is 1.53. The summed E-state index contributed by atoms with van der Waals surface area (Å²) in [7, 11) is -3.33. The third kappa shape index (κ3) is 3.35. The number of H-pyrrole nitrogens is 1.